The second-order valence-electron chi connectivity index (χ2n) is 9.51. The zero-order valence-electron chi connectivity index (χ0n) is 20.2. The quantitative estimate of drug-likeness (QED) is 0.294. The van der Waals surface area contributed by atoms with Gasteiger partial charge in [0.2, 0.25) is 0 Å². The molecule has 0 radical (unpaired) electrons. The average molecular weight is 488 g/mol. The second-order valence-corrected chi connectivity index (χ2v) is 9.51. The van der Waals surface area contributed by atoms with E-state index in [1.54, 1.807) is 18.6 Å². The average Bonchev–Trinajstić information content (AvgIpc) is 3.58. The fourth-order valence-electron chi connectivity index (χ4n) is 5.22. The number of fused-ring (bicyclic) bond motifs is 2. The minimum Gasteiger partial charge on any atom is -0.489 e. The lowest BCUT2D eigenvalue weighted by Crippen LogP contribution is -2.19. The van der Waals surface area contributed by atoms with Crippen molar-refractivity contribution in [3.05, 3.63) is 73.6 Å². The summed E-state index contributed by atoms with van der Waals surface area (Å²) in [4.78, 5) is 21.3. The van der Waals surface area contributed by atoms with Gasteiger partial charge in [0.25, 0.3) is 0 Å². The molecule has 37 heavy (non-hydrogen) atoms. The van der Waals surface area contributed by atoms with Gasteiger partial charge in [0.05, 0.1) is 35.4 Å². The van der Waals surface area contributed by atoms with Gasteiger partial charge in [-0.05, 0) is 73.2 Å². The first-order valence-electron chi connectivity index (χ1n) is 12.7. The van der Waals surface area contributed by atoms with E-state index in [4.69, 9.17) is 4.74 Å². The maximum atomic E-state index is 6.24. The Morgan fingerprint density at radius 3 is 2.57 bits per heavy atom. The molecule has 1 saturated carbocycles. The van der Waals surface area contributed by atoms with Gasteiger partial charge in [0.1, 0.15) is 17.1 Å². The predicted molar refractivity (Wildman–Crippen MR) is 143 cm³/mol. The van der Waals surface area contributed by atoms with Crippen LogP contribution in [0.1, 0.15) is 32.1 Å². The smallest absolute Gasteiger partial charge is 0.138 e. The number of pyridine rings is 4. The highest BCUT2D eigenvalue weighted by Gasteiger charge is 2.17. The van der Waals surface area contributed by atoms with Crippen LogP contribution in [0.15, 0.2) is 73.6 Å². The molecule has 1 aliphatic carbocycles. The van der Waals surface area contributed by atoms with E-state index in [1.807, 2.05) is 42.9 Å². The molecule has 182 valence electrons. The van der Waals surface area contributed by atoms with E-state index in [0.717, 1.165) is 74.3 Å². The Morgan fingerprint density at radius 2 is 1.68 bits per heavy atom. The summed E-state index contributed by atoms with van der Waals surface area (Å²) >= 11 is 0. The molecular weight excluding hydrogens is 462 g/mol. The molecule has 0 unspecified atom stereocenters. The molecule has 0 bridgehead atoms. The molecule has 8 heteroatoms. The Hall–Kier alpha value is -4.59. The Morgan fingerprint density at radius 1 is 0.784 bits per heavy atom. The first-order chi connectivity index (χ1) is 18.3. The van der Waals surface area contributed by atoms with Gasteiger partial charge in [-0.1, -0.05) is 6.42 Å². The molecule has 0 saturated heterocycles. The Balaban J connectivity index is 1.26. The Kier molecular flexibility index (Phi) is 5.35. The summed E-state index contributed by atoms with van der Waals surface area (Å²) in [6.07, 6.45) is 17.1. The number of nitrogens with zero attached hydrogens (tertiary/aromatic N) is 5. The summed E-state index contributed by atoms with van der Waals surface area (Å²) in [6.45, 7) is 0. The highest BCUT2D eigenvalue weighted by molar-refractivity contribution is 6.00. The van der Waals surface area contributed by atoms with Crippen molar-refractivity contribution >= 4 is 21.9 Å². The van der Waals surface area contributed by atoms with Gasteiger partial charge in [-0.25, -0.2) is 4.98 Å². The number of nitrogens with one attached hydrogen (secondary N) is 2. The molecule has 8 nitrogen and oxygen atoms in total. The van der Waals surface area contributed by atoms with Crippen molar-refractivity contribution in [2.45, 2.75) is 38.2 Å². The van der Waals surface area contributed by atoms with Gasteiger partial charge in [-0.2, -0.15) is 5.10 Å². The highest BCUT2D eigenvalue weighted by atomic mass is 16.5. The zero-order valence-corrected chi connectivity index (χ0v) is 20.2. The summed E-state index contributed by atoms with van der Waals surface area (Å²) in [6, 6.07) is 12.2. The lowest BCUT2D eigenvalue weighted by Gasteiger charge is -2.22. The van der Waals surface area contributed by atoms with Crippen molar-refractivity contribution in [3.63, 3.8) is 0 Å². The molecule has 0 aliphatic heterocycles. The molecule has 0 amide bonds. The predicted octanol–water partition coefficient (Wildman–Crippen LogP) is 6.34. The minimum absolute atomic E-state index is 0.273. The van der Waals surface area contributed by atoms with Crippen LogP contribution in [0.4, 0.5) is 0 Å². The van der Waals surface area contributed by atoms with Crippen molar-refractivity contribution < 1.29 is 4.74 Å². The summed E-state index contributed by atoms with van der Waals surface area (Å²) in [5, 5.41) is 9.74. The van der Waals surface area contributed by atoms with Crippen molar-refractivity contribution in [1.82, 2.24) is 35.1 Å². The van der Waals surface area contributed by atoms with Gasteiger partial charge in [-0.3, -0.25) is 20.1 Å². The maximum absolute atomic E-state index is 6.24. The summed E-state index contributed by atoms with van der Waals surface area (Å²) in [7, 11) is 0. The molecule has 1 fully saturated rings. The fourth-order valence-corrected chi connectivity index (χ4v) is 5.22. The van der Waals surface area contributed by atoms with E-state index in [2.05, 4.69) is 47.2 Å². The number of rotatable bonds is 5. The lowest BCUT2D eigenvalue weighted by molar-refractivity contribution is 0.154. The van der Waals surface area contributed by atoms with E-state index in [0.29, 0.717) is 0 Å². The second kappa shape index (κ2) is 9.13. The minimum atomic E-state index is 0.273. The molecule has 0 atom stereocenters. The van der Waals surface area contributed by atoms with Gasteiger partial charge < -0.3 is 9.72 Å². The molecule has 0 spiro atoms. The lowest BCUT2D eigenvalue weighted by atomic mass is 9.98. The Labute approximate surface area is 213 Å². The number of aromatic nitrogens is 7. The van der Waals surface area contributed by atoms with Crippen LogP contribution in [0.2, 0.25) is 0 Å². The topological polar surface area (TPSA) is 105 Å². The number of aromatic amines is 2. The van der Waals surface area contributed by atoms with E-state index in [1.165, 1.54) is 19.3 Å². The van der Waals surface area contributed by atoms with Crippen LogP contribution in [0, 0.1) is 0 Å². The third kappa shape index (κ3) is 4.10. The van der Waals surface area contributed by atoms with Crippen LogP contribution in [0.25, 0.3) is 55.7 Å². The molecule has 6 aromatic rings. The monoisotopic (exact) mass is 487 g/mol. The summed E-state index contributed by atoms with van der Waals surface area (Å²) in [5.74, 6) is 0.795. The number of ether oxygens (including phenoxy) is 1. The van der Waals surface area contributed by atoms with Crippen molar-refractivity contribution in [3.8, 4) is 39.5 Å². The Bertz CT molecular complexity index is 1700. The SMILES string of the molecule is c1cc(-c2ccnc3[nH]c(-c4n[nH]c5cnc(-c6cncc(OC7CCCCC7)c6)cc45)cc23)ccn1. The van der Waals surface area contributed by atoms with Gasteiger partial charge in [0, 0.05) is 41.1 Å². The van der Waals surface area contributed by atoms with E-state index in [-0.39, 0.29) is 6.10 Å². The normalized spacial score (nSPS) is 14.4. The van der Waals surface area contributed by atoms with E-state index >= 15 is 0 Å². The third-order valence-electron chi connectivity index (χ3n) is 7.09. The van der Waals surface area contributed by atoms with Gasteiger partial charge in [-0.15, -0.1) is 0 Å². The highest BCUT2D eigenvalue weighted by Crippen LogP contribution is 2.34. The van der Waals surface area contributed by atoms with Crippen LogP contribution in [0.3, 0.4) is 0 Å². The van der Waals surface area contributed by atoms with Crippen LogP contribution < -0.4 is 4.74 Å². The number of hydrogen-bond acceptors (Lipinski definition) is 6. The number of H-pyrrole nitrogens is 2. The van der Waals surface area contributed by atoms with Gasteiger partial charge >= 0.3 is 0 Å². The summed E-state index contributed by atoms with van der Waals surface area (Å²) < 4.78 is 6.24. The van der Waals surface area contributed by atoms with Gasteiger partial charge in [0.15, 0.2) is 0 Å². The zero-order chi connectivity index (χ0) is 24.6. The van der Waals surface area contributed by atoms with Crippen molar-refractivity contribution in [2.75, 3.05) is 0 Å². The van der Waals surface area contributed by atoms with E-state index < -0.39 is 0 Å². The van der Waals surface area contributed by atoms with Crippen molar-refractivity contribution in [1.29, 1.82) is 0 Å². The summed E-state index contributed by atoms with van der Waals surface area (Å²) in [5.41, 5.74) is 7.31. The third-order valence-corrected chi connectivity index (χ3v) is 7.09. The molecule has 6 heterocycles. The standard InChI is InChI=1S/C29H25N7O/c1-2-4-20(5-3-1)37-21-12-19(15-31-16-21)25-14-24-27(17-33-25)35-36-28(24)26-13-23-22(8-11-32-29(23)34-26)18-6-9-30-10-7-18/h6-17,20H,1-5H2,(H,32,34)(H,35,36). The van der Waals surface area contributed by atoms with Crippen molar-refractivity contribution in [2.24, 2.45) is 0 Å². The molecule has 6 aromatic heterocycles. The van der Waals surface area contributed by atoms with Crippen LogP contribution in [-0.4, -0.2) is 41.2 Å². The van der Waals surface area contributed by atoms with Crippen LogP contribution in [-0.2, 0) is 0 Å². The van der Waals surface area contributed by atoms with E-state index in [9.17, 15) is 0 Å². The first-order valence-corrected chi connectivity index (χ1v) is 12.7. The largest absolute Gasteiger partial charge is 0.489 e. The van der Waals surface area contributed by atoms with Crippen LogP contribution in [0.5, 0.6) is 5.75 Å². The first kappa shape index (κ1) is 21.7. The molecule has 7 rings (SSSR count). The van der Waals surface area contributed by atoms with Crippen LogP contribution >= 0.6 is 0 Å². The molecular formula is C29H25N7O. The molecule has 1 aliphatic rings. The fraction of sp³-hybridized carbons (Fsp3) is 0.207. The maximum Gasteiger partial charge on any atom is 0.138 e. The number of hydrogen-bond donors (Lipinski definition) is 2. The molecule has 2 N–H and O–H groups in total. The molecule has 0 aromatic carbocycles.